The van der Waals surface area contributed by atoms with E-state index in [2.05, 4.69) is 20.3 Å². The van der Waals surface area contributed by atoms with Crippen molar-refractivity contribution in [3.63, 3.8) is 0 Å². The van der Waals surface area contributed by atoms with Crippen LogP contribution in [0.3, 0.4) is 0 Å². The van der Waals surface area contributed by atoms with E-state index in [1.165, 1.54) is 0 Å². The standard InChI is InChI=1S/C22H17F5N6O/c1-21(2)14-17(28)30-19(31-18(14)32-20(21)34)16-12-5-6-22(26,27)8-33(12)13(29-16)7-9-10(23)3-4-11(24)15(9)25/h3-6H,7-8H2,1-2H3,(H3,28,30,31,32,34). The molecule has 0 atom stereocenters. The average Bonchev–Trinajstić information content (AvgIpc) is 3.21. The quantitative estimate of drug-likeness (QED) is 0.442. The molecule has 0 radical (unpaired) electrons. The third kappa shape index (κ3) is 3.24. The molecule has 2 aliphatic heterocycles. The van der Waals surface area contributed by atoms with Crippen molar-refractivity contribution in [2.45, 2.75) is 38.2 Å². The van der Waals surface area contributed by atoms with Crippen LogP contribution in [0.15, 0.2) is 18.2 Å². The number of hydrogen-bond donors (Lipinski definition) is 2. The van der Waals surface area contributed by atoms with Gasteiger partial charge in [0.25, 0.3) is 5.92 Å². The predicted molar refractivity (Wildman–Crippen MR) is 112 cm³/mol. The van der Waals surface area contributed by atoms with Gasteiger partial charge in [0.15, 0.2) is 17.5 Å². The lowest BCUT2D eigenvalue weighted by Gasteiger charge is -2.21. The maximum atomic E-state index is 14.3. The first kappa shape index (κ1) is 22.0. The number of allylic oxidation sites excluding steroid dienone is 1. The van der Waals surface area contributed by atoms with Crippen molar-refractivity contribution in [2.75, 3.05) is 11.1 Å². The SMILES string of the molecule is CC1(C)C(=O)Nc2nc(-c3nc(Cc4c(F)ccc(F)c4F)n4c3C=CC(F)(F)C4)nc(N)c21. The number of rotatable bonds is 3. The first-order valence-electron chi connectivity index (χ1n) is 10.2. The molecule has 0 spiro atoms. The van der Waals surface area contributed by atoms with Gasteiger partial charge in [-0.1, -0.05) is 0 Å². The fraction of sp³-hybridized carbons (Fsp3) is 0.273. The summed E-state index contributed by atoms with van der Waals surface area (Å²) >= 11 is 0. The first-order chi connectivity index (χ1) is 15.9. The molecule has 2 aliphatic rings. The van der Waals surface area contributed by atoms with Crippen LogP contribution in [-0.4, -0.2) is 31.3 Å². The number of benzene rings is 1. The zero-order valence-electron chi connectivity index (χ0n) is 17.9. The number of nitrogens with one attached hydrogen (secondary N) is 1. The van der Waals surface area contributed by atoms with Crippen LogP contribution in [0.1, 0.15) is 36.5 Å². The third-order valence-corrected chi connectivity index (χ3v) is 5.99. The molecule has 0 unspecified atom stereocenters. The highest BCUT2D eigenvalue weighted by molar-refractivity contribution is 6.06. The molecule has 1 amide bonds. The number of fused-ring (bicyclic) bond motifs is 2. The largest absolute Gasteiger partial charge is 0.383 e. The van der Waals surface area contributed by atoms with Gasteiger partial charge in [0.05, 0.1) is 23.2 Å². The minimum absolute atomic E-state index is 0.000937. The van der Waals surface area contributed by atoms with Gasteiger partial charge in [0.1, 0.15) is 29.0 Å². The maximum absolute atomic E-state index is 14.3. The summed E-state index contributed by atoms with van der Waals surface area (Å²) in [6, 6.07) is 1.38. The first-order valence-corrected chi connectivity index (χ1v) is 10.2. The molecule has 2 aromatic heterocycles. The highest BCUT2D eigenvalue weighted by Gasteiger charge is 2.43. The number of nitrogens with two attached hydrogens (primary N) is 1. The van der Waals surface area contributed by atoms with Crippen LogP contribution in [0, 0.1) is 17.5 Å². The van der Waals surface area contributed by atoms with Gasteiger partial charge in [-0.15, -0.1) is 0 Å². The molecule has 0 saturated heterocycles. The molecule has 0 bridgehead atoms. The number of hydrogen-bond acceptors (Lipinski definition) is 5. The molecule has 0 aliphatic carbocycles. The van der Waals surface area contributed by atoms with Crippen molar-refractivity contribution >= 4 is 23.6 Å². The Balaban J connectivity index is 1.67. The number of nitrogens with zero attached hydrogens (tertiary/aromatic N) is 4. The normalized spacial score (nSPS) is 17.4. The van der Waals surface area contributed by atoms with Gasteiger partial charge in [0, 0.05) is 12.0 Å². The summed E-state index contributed by atoms with van der Waals surface area (Å²) in [7, 11) is 0. The molecule has 7 nitrogen and oxygen atoms in total. The van der Waals surface area contributed by atoms with Crippen LogP contribution in [0.25, 0.3) is 17.6 Å². The number of carbonyl (C=O) groups is 1. The van der Waals surface area contributed by atoms with Gasteiger partial charge >= 0.3 is 0 Å². The van der Waals surface area contributed by atoms with Crippen LogP contribution in [-0.2, 0) is 23.2 Å². The molecule has 0 saturated carbocycles. The minimum Gasteiger partial charge on any atom is -0.383 e. The molecular formula is C22H17F5N6O. The van der Waals surface area contributed by atoms with E-state index in [0.717, 1.165) is 16.7 Å². The van der Waals surface area contributed by atoms with Crippen LogP contribution in [0.5, 0.6) is 0 Å². The van der Waals surface area contributed by atoms with Crippen molar-refractivity contribution in [2.24, 2.45) is 0 Å². The average molecular weight is 476 g/mol. The number of anilines is 2. The third-order valence-electron chi connectivity index (χ3n) is 5.99. The summed E-state index contributed by atoms with van der Waals surface area (Å²) in [5.74, 6) is -7.41. The second-order valence-corrected chi connectivity index (χ2v) is 8.68. The Kier molecular flexibility index (Phi) is 4.58. The van der Waals surface area contributed by atoms with E-state index in [-0.39, 0.29) is 40.6 Å². The van der Waals surface area contributed by atoms with Gasteiger partial charge in [0.2, 0.25) is 5.91 Å². The second-order valence-electron chi connectivity index (χ2n) is 8.68. The van der Waals surface area contributed by atoms with Crippen LogP contribution >= 0.6 is 0 Å². The summed E-state index contributed by atoms with van der Waals surface area (Å²) in [6.07, 6.45) is 1.17. The van der Waals surface area contributed by atoms with E-state index >= 15 is 0 Å². The number of aromatic nitrogens is 4. The van der Waals surface area contributed by atoms with Crippen molar-refractivity contribution < 1.29 is 26.7 Å². The van der Waals surface area contributed by atoms with E-state index in [1.54, 1.807) is 13.8 Å². The van der Waals surface area contributed by atoms with Crippen molar-refractivity contribution in [3.05, 3.63) is 58.3 Å². The molecule has 5 rings (SSSR count). The number of carbonyl (C=O) groups excluding carboxylic acids is 1. The molecule has 0 fully saturated rings. The Bertz CT molecular complexity index is 1410. The fourth-order valence-corrected chi connectivity index (χ4v) is 4.18. The smallest absolute Gasteiger partial charge is 0.284 e. The van der Waals surface area contributed by atoms with Crippen LogP contribution < -0.4 is 11.1 Å². The van der Waals surface area contributed by atoms with E-state index in [9.17, 15) is 26.7 Å². The summed E-state index contributed by atoms with van der Waals surface area (Å²) in [5.41, 5.74) is 5.03. The second kappa shape index (κ2) is 7.08. The Labute approximate surface area is 189 Å². The van der Waals surface area contributed by atoms with E-state index in [1.807, 2.05) is 0 Å². The zero-order valence-corrected chi connectivity index (χ0v) is 17.9. The van der Waals surface area contributed by atoms with Gasteiger partial charge in [-0.2, -0.15) is 8.78 Å². The van der Waals surface area contributed by atoms with Crippen LogP contribution in [0.2, 0.25) is 0 Å². The van der Waals surface area contributed by atoms with Crippen molar-refractivity contribution in [3.8, 4) is 11.5 Å². The maximum Gasteiger partial charge on any atom is 0.284 e. The number of nitrogen functional groups attached to an aromatic ring is 1. The van der Waals surface area contributed by atoms with Crippen LogP contribution in [0.4, 0.5) is 33.6 Å². The number of amides is 1. The Morgan fingerprint density at radius 1 is 1.12 bits per heavy atom. The Morgan fingerprint density at radius 2 is 1.82 bits per heavy atom. The highest BCUT2D eigenvalue weighted by atomic mass is 19.3. The molecule has 3 aromatic rings. The lowest BCUT2D eigenvalue weighted by atomic mass is 9.87. The summed E-state index contributed by atoms with van der Waals surface area (Å²) in [6.45, 7) is 2.44. The van der Waals surface area contributed by atoms with Gasteiger partial charge < -0.3 is 15.6 Å². The molecule has 176 valence electrons. The summed E-state index contributed by atoms with van der Waals surface area (Å²) in [4.78, 5) is 25.1. The zero-order chi connectivity index (χ0) is 24.6. The summed E-state index contributed by atoms with van der Waals surface area (Å²) in [5, 5.41) is 2.62. The van der Waals surface area contributed by atoms with E-state index in [0.29, 0.717) is 17.7 Å². The molecule has 4 heterocycles. The monoisotopic (exact) mass is 476 g/mol. The number of halogens is 5. The van der Waals surface area contributed by atoms with E-state index < -0.39 is 47.3 Å². The minimum atomic E-state index is -3.26. The fourth-order valence-electron chi connectivity index (χ4n) is 4.18. The Morgan fingerprint density at radius 3 is 2.56 bits per heavy atom. The molecule has 3 N–H and O–H groups in total. The predicted octanol–water partition coefficient (Wildman–Crippen LogP) is 3.82. The van der Waals surface area contributed by atoms with Crippen molar-refractivity contribution in [1.29, 1.82) is 0 Å². The molecular weight excluding hydrogens is 459 g/mol. The molecule has 34 heavy (non-hydrogen) atoms. The lowest BCUT2D eigenvalue weighted by Crippen LogP contribution is -2.27. The summed E-state index contributed by atoms with van der Waals surface area (Å²) < 4.78 is 71.6. The van der Waals surface area contributed by atoms with E-state index in [4.69, 9.17) is 5.73 Å². The highest BCUT2D eigenvalue weighted by Crippen LogP contribution is 2.41. The van der Waals surface area contributed by atoms with Gasteiger partial charge in [-0.25, -0.2) is 28.1 Å². The van der Waals surface area contributed by atoms with Crippen molar-refractivity contribution in [1.82, 2.24) is 19.5 Å². The molecule has 1 aromatic carbocycles. The number of imidazole rings is 1. The van der Waals surface area contributed by atoms with Gasteiger partial charge in [-0.05, 0) is 38.1 Å². The Hall–Kier alpha value is -3.83. The lowest BCUT2D eigenvalue weighted by molar-refractivity contribution is -0.119. The van der Waals surface area contributed by atoms with Gasteiger partial charge in [-0.3, -0.25) is 4.79 Å². The number of alkyl halides is 2. The topological polar surface area (TPSA) is 98.7 Å². The molecule has 12 heteroatoms.